The number of nitrogen functional groups attached to an aromatic ring is 1. The molecule has 0 fully saturated rings. The molecule has 1 aromatic heterocycles. The highest BCUT2D eigenvalue weighted by atomic mass is 16.1. The van der Waals surface area contributed by atoms with Crippen molar-refractivity contribution >= 4 is 16.5 Å². The summed E-state index contributed by atoms with van der Waals surface area (Å²) in [5.41, 5.74) is 12.2. The second-order valence-electron chi connectivity index (χ2n) is 4.88. The third-order valence-corrected chi connectivity index (χ3v) is 3.37. The van der Waals surface area contributed by atoms with Gasteiger partial charge in [-0.2, -0.15) is 0 Å². The summed E-state index contributed by atoms with van der Waals surface area (Å²) >= 11 is 0. The molecular formula is C14H19N3O. The Hall–Kier alpha value is -1.81. The maximum Gasteiger partial charge on any atom is 0.258 e. The summed E-state index contributed by atoms with van der Waals surface area (Å²) in [5, 5.41) is 1.45. The van der Waals surface area contributed by atoms with Crippen molar-refractivity contribution in [1.82, 2.24) is 4.57 Å². The first-order valence-electron chi connectivity index (χ1n) is 6.15. The van der Waals surface area contributed by atoms with Crippen molar-refractivity contribution in [2.45, 2.75) is 19.9 Å². The number of rotatable bonds is 3. The van der Waals surface area contributed by atoms with E-state index >= 15 is 0 Å². The lowest BCUT2D eigenvalue weighted by Gasteiger charge is -2.22. The molecule has 0 saturated heterocycles. The van der Waals surface area contributed by atoms with Crippen LogP contribution in [-0.2, 0) is 0 Å². The van der Waals surface area contributed by atoms with Crippen LogP contribution in [-0.4, -0.2) is 11.1 Å². The summed E-state index contributed by atoms with van der Waals surface area (Å²) in [6.45, 7) is 4.58. The standard InChI is InChI=1S/C14H19N3O/c1-9(2)13(8-15)17-7-6-10-11(14(17)18)4-3-5-12(10)16/h3-7,9,13H,8,15-16H2,1-2H3/t13-/m0/s1. The molecule has 18 heavy (non-hydrogen) atoms. The molecule has 0 amide bonds. The van der Waals surface area contributed by atoms with Gasteiger partial charge in [0.1, 0.15) is 0 Å². The van der Waals surface area contributed by atoms with E-state index in [1.165, 1.54) is 0 Å². The van der Waals surface area contributed by atoms with Gasteiger partial charge >= 0.3 is 0 Å². The maximum atomic E-state index is 12.4. The molecule has 0 radical (unpaired) electrons. The predicted octanol–water partition coefficient (Wildman–Crippen LogP) is 1.74. The lowest BCUT2D eigenvalue weighted by Crippen LogP contribution is -2.32. The normalized spacial score (nSPS) is 13.1. The Morgan fingerprint density at radius 2 is 1.94 bits per heavy atom. The topological polar surface area (TPSA) is 74.0 Å². The minimum absolute atomic E-state index is 0.0170. The van der Waals surface area contributed by atoms with Crippen LogP contribution in [0.15, 0.2) is 35.3 Å². The summed E-state index contributed by atoms with van der Waals surface area (Å²) in [6.07, 6.45) is 1.79. The second-order valence-corrected chi connectivity index (χ2v) is 4.88. The van der Waals surface area contributed by atoms with Crippen LogP contribution in [0.1, 0.15) is 19.9 Å². The Morgan fingerprint density at radius 3 is 2.56 bits per heavy atom. The third-order valence-electron chi connectivity index (χ3n) is 3.37. The fourth-order valence-corrected chi connectivity index (χ4v) is 2.29. The zero-order valence-corrected chi connectivity index (χ0v) is 10.8. The first kappa shape index (κ1) is 12.6. The maximum absolute atomic E-state index is 12.4. The van der Waals surface area contributed by atoms with E-state index in [9.17, 15) is 4.79 Å². The largest absolute Gasteiger partial charge is 0.398 e. The zero-order valence-electron chi connectivity index (χ0n) is 10.8. The van der Waals surface area contributed by atoms with E-state index in [1.807, 2.05) is 6.07 Å². The summed E-state index contributed by atoms with van der Waals surface area (Å²) < 4.78 is 1.71. The van der Waals surface area contributed by atoms with Gasteiger partial charge in [0.15, 0.2) is 0 Å². The summed E-state index contributed by atoms with van der Waals surface area (Å²) in [6, 6.07) is 7.31. The molecule has 0 aliphatic rings. The van der Waals surface area contributed by atoms with Crippen LogP contribution in [0, 0.1) is 5.92 Å². The fraction of sp³-hybridized carbons (Fsp3) is 0.357. The number of benzene rings is 1. The van der Waals surface area contributed by atoms with Gasteiger partial charge in [0.05, 0.1) is 6.04 Å². The highest BCUT2D eigenvalue weighted by Crippen LogP contribution is 2.20. The Bertz CT molecular complexity index is 616. The Kier molecular flexibility index (Phi) is 3.39. The molecule has 96 valence electrons. The molecule has 1 heterocycles. The Morgan fingerprint density at radius 1 is 1.22 bits per heavy atom. The molecule has 0 bridgehead atoms. The van der Waals surface area contributed by atoms with Gasteiger partial charge in [-0.25, -0.2) is 0 Å². The minimum atomic E-state index is -0.0241. The number of anilines is 1. The SMILES string of the molecule is CC(C)[C@H](CN)n1ccc2c(N)cccc2c1=O. The lowest BCUT2D eigenvalue weighted by atomic mass is 10.0. The average Bonchev–Trinajstić information content (AvgIpc) is 2.33. The monoisotopic (exact) mass is 245 g/mol. The number of nitrogens with zero attached hydrogens (tertiary/aromatic N) is 1. The number of hydrogen-bond donors (Lipinski definition) is 2. The highest BCUT2D eigenvalue weighted by Gasteiger charge is 2.16. The van der Waals surface area contributed by atoms with Crippen LogP contribution >= 0.6 is 0 Å². The Balaban J connectivity index is 2.69. The summed E-state index contributed by atoms with van der Waals surface area (Å²) in [7, 11) is 0. The van der Waals surface area contributed by atoms with Gasteiger partial charge in [0, 0.05) is 29.2 Å². The van der Waals surface area contributed by atoms with Gasteiger partial charge in [0.2, 0.25) is 0 Å². The van der Waals surface area contributed by atoms with E-state index in [0.29, 0.717) is 23.5 Å². The van der Waals surface area contributed by atoms with Crippen LogP contribution < -0.4 is 17.0 Å². The van der Waals surface area contributed by atoms with Gasteiger partial charge in [-0.05, 0) is 24.1 Å². The molecule has 1 aromatic carbocycles. The predicted molar refractivity (Wildman–Crippen MR) is 75.5 cm³/mol. The van der Waals surface area contributed by atoms with Crippen molar-refractivity contribution < 1.29 is 0 Å². The zero-order chi connectivity index (χ0) is 13.3. The molecule has 0 aliphatic carbocycles. The molecular weight excluding hydrogens is 226 g/mol. The van der Waals surface area contributed by atoms with E-state index < -0.39 is 0 Å². The highest BCUT2D eigenvalue weighted by molar-refractivity contribution is 5.91. The number of fused-ring (bicyclic) bond motifs is 1. The molecule has 0 unspecified atom stereocenters. The fourth-order valence-electron chi connectivity index (χ4n) is 2.29. The smallest absolute Gasteiger partial charge is 0.258 e. The van der Waals surface area contributed by atoms with Crippen molar-refractivity contribution in [2.75, 3.05) is 12.3 Å². The van der Waals surface area contributed by atoms with E-state index in [1.54, 1.807) is 29.0 Å². The van der Waals surface area contributed by atoms with Crippen molar-refractivity contribution in [2.24, 2.45) is 11.7 Å². The summed E-state index contributed by atoms with van der Waals surface area (Å²) in [5.74, 6) is 0.311. The van der Waals surface area contributed by atoms with E-state index in [0.717, 1.165) is 5.39 Å². The van der Waals surface area contributed by atoms with Crippen LogP contribution in [0.25, 0.3) is 10.8 Å². The van der Waals surface area contributed by atoms with Crippen LogP contribution in [0.2, 0.25) is 0 Å². The van der Waals surface area contributed by atoms with Gasteiger partial charge in [-0.3, -0.25) is 4.79 Å². The van der Waals surface area contributed by atoms with Crippen LogP contribution in [0.5, 0.6) is 0 Å². The quantitative estimate of drug-likeness (QED) is 0.809. The third kappa shape index (κ3) is 1.99. The Labute approximate surface area is 106 Å². The second kappa shape index (κ2) is 4.82. The number of hydrogen-bond acceptors (Lipinski definition) is 3. The van der Waals surface area contributed by atoms with Crippen molar-refractivity contribution in [3.8, 4) is 0 Å². The minimum Gasteiger partial charge on any atom is -0.398 e. The molecule has 2 aromatic rings. The molecule has 1 atom stereocenters. The molecule has 2 rings (SSSR count). The van der Waals surface area contributed by atoms with E-state index in [-0.39, 0.29) is 11.6 Å². The number of aromatic nitrogens is 1. The molecule has 4 heteroatoms. The summed E-state index contributed by atoms with van der Waals surface area (Å²) in [4.78, 5) is 12.4. The molecule has 4 nitrogen and oxygen atoms in total. The van der Waals surface area contributed by atoms with Crippen LogP contribution in [0.3, 0.4) is 0 Å². The molecule has 0 spiro atoms. The van der Waals surface area contributed by atoms with Gasteiger partial charge in [0.25, 0.3) is 5.56 Å². The number of nitrogens with two attached hydrogens (primary N) is 2. The van der Waals surface area contributed by atoms with Gasteiger partial charge in [-0.15, -0.1) is 0 Å². The lowest BCUT2D eigenvalue weighted by molar-refractivity contribution is 0.377. The first-order valence-corrected chi connectivity index (χ1v) is 6.15. The van der Waals surface area contributed by atoms with Crippen molar-refractivity contribution in [3.05, 3.63) is 40.8 Å². The molecule has 4 N–H and O–H groups in total. The van der Waals surface area contributed by atoms with Gasteiger partial charge in [-0.1, -0.05) is 19.9 Å². The number of pyridine rings is 1. The molecule has 0 aliphatic heterocycles. The van der Waals surface area contributed by atoms with E-state index in [2.05, 4.69) is 13.8 Å². The van der Waals surface area contributed by atoms with Crippen molar-refractivity contribution in [3.63, 3.8) is 0 Å². The van der Waals surface area contributed by atoms with Gasteiger partial charge < -0.3 is 16.0 Å². The van der Waals surface area contributed by atoms with E-state index in [4.69, 9.17) is 11.5 Å². The average molecular weight is 245 g/mol. The molecule has 0 saturated carbocycles. The van der Waals surface area contributed by atoms with Crippen LogP contribution in [0.4, 0.5) is 5.69 Å². The van der Waals surface area contributed by atoms with Crippen molar-refractivity contribution in [1.29, 1.82) is 0 Å². The first-order chi connectivity index (χ1) is 8.56.